The van der Waals surface area contributed by atoms with E-state index in [0.717, 1.165) is 10.9 Å². The molecular weight excluding hydrogens is 352 g/mol. The SMILES string of the molecule is O=C(CNC(=O)c1cccc(Br)c1)NCCc1cccs1. The molecule has 0 spiro atoms. The normalized spacial score (nSPS) is 10.1. The van der Waals surface area contributed by atoms with Crippen LogP contribution in [0.3, 0.4) is 0 Å². The van der Waals surface area contributed by atoms with E-state index in [1.165, 1.54) is 4.88 Å². The first-order valence-corrected chi connectivity index (χ1v) is 8.15. The maximum Gasteiger partial charge on any atom is 0.251 e. The van der Waals surface area contributed by atoms with Crippen molar-refractivity contribution in [3.63, 3.8) is 0 Å². The molecule has 0 aliphatic rings. The molecule has 2 rings (SSSR count). The molecule has 0 bridgehead atoms. The Balaban J connectivity index is 1.70. The minimum absolute atomic E-state index is 0.0181. The van der Waals surface area contributed by atoms with Gasteiger partial charge in [-0.1, -0.05) is 28.1 Å². The summed E-state index contributed by atoms with van der Waals surface area (Å²) >= 11 is 4.97. The monoisotopic (exact) mass is 366 g/mol. The average Bonchev–Trinajstić information content (AvgIpc) is 2.98. The van der Waals surface area contributed by atoms with Crippen LogP contribution in [0.2, 0.25) is 0 Å². The van der Waals surface area contributed by atoms with Gasteiger partial charge < -0.3 is 10.6 Å². The van der Waals surface area contributed by atoms with Crippen molar-refractivity contribution in [1.82, 2.24) is 10.6 Å². The molecule has 0 radical (unpaired) electrons. The van der Waals surface area contributed by atoms with E-state index in [0.29, 0.717) is 12.1 Å². The summed E-state index contributed by atoms with van der Waals surface area (Å²) in [5.41, 5.74) is 0.524. The maximum atomic E-state index is 11.9. The molecule has 1 aromatic heterocycles. The van der Waals surface area contributed by atoms with Gasteiger partial charge >= 0.3 is 0 Å². The lowest BCUT2D eigenvalue weighted by molar-refractivity contribution is -0.120. The predicted octanol–water partition coefficient (Wildman–Crippen LogP) is 2.60. The van der Waals surface area contributed by atoms with Gasteiger partial charge in [-0.2, -0.15) is 0 Å². The second kappa shape index (κ2) is 7.95. The van der Waals surface area contributed by atoms with Crippen LogP contribution in [-0.2, 0) is 11.2 Å². The molecule has 2 amide bonds. The third-order valence-electron chi connectivity index (χ3n) is 2.77. The molecule has 0 aliphatic carbocycles. The van der Waals surface area contributed by atoms with E-state index in [4.69, 9.17) is 0 Å². The molecule has 0 saturated carbocycles. The first-order valence-electron chi connectivity index (χ1n) is 6.48. The van der Waals surface area contributed by atoms with Crippen LogP contribution in [0.25, 0.3) is 0 Å². The molecule has 4 nitrogen and oxygen atoms in total. The van der Waals surface area contributed by atoms with Crippen LogP contribution in [0.4, 0.5) is 0 Å². The molecule has 0 saturated heterocycles. The zero-order chi connectivity index (χ0) is 15.1. The van der Waals surface area contributed by atoms with Crippen LogP contribution in [-0.4, -0.2) is 24.9 Å². The highest BCUT2D eigenvalue weighted by Crippen LogP contribution is 2.11. The number of carbonyl (C=O) groups excluding carboxylic acids is 2. The largest absolute Gasteiger partial charge is 0.354 e. The molecule has 0 fully saturated rings. The summed E-state index contributed by atoms with van der Waals surface area (Å²) in [6.07, 6.45) is 0.809. The highest BCUT2D eigenvalue weighted by molar-refractivity contribution is 9.10. The van der Waals surface area contributed by atoms with Crippen molar-refractivity contribution in [2.45, 2.75) is 6.42 Å². The molecule has 110 valence electrons. The van der Waals surface area contributed by atoms with Crippen molar-refractivity contribution in [2.75, 3.05) is 13.1 Å². The van der Waals surface area contributed by atoms with Gasteiger partial charge in [-0.3, -0.25) is 9.59 Å². The number of benzene rings is 1. The summed E-state index contributed by atoms with van der Waals surface area (Å²) in [5, 5.41) is 7.39. The van der Waals surface area contributed by atoms with Gasteiger partial charge in [0, 0.05) is 21.5 Å². The smallest absolute Gasteiger partial charge is 0.251 e. The van der Waals surface area contributed by atoms with E-state index in [-0.39, 0.29) is 18.4 Å². The molecule has 2 N–H and O–H groups in total. The van der Waals surface area contributed by atoms with Gasteiger partial charge in [-0.25, -0.2) is 0 Å². The Kier molecular flexibility index (Phi) is 5.95. The lowest BCUT2D eigenvalue weighted by atomic mass is 10.2. The second-order valence-corrected chi connectivity index (χ2v) is 6.32. The van der Waals surface area contributed by atoms with Crippen molar-refractivity contribution in [3.05, 3.63) is 56.7 Å². The Hall–Kier alpha value is -1.66. The quantitative estimate of drug-likeness (QED) is 0.825. The molecule has 6 heteroatoms. The fraction of sp³-hybridized carbons (Fsp3) is 0.200. The van der Waals surface area contributed by atoms with Gasteiger partial charge in [0.25, 0.3) is 5.91 Å². The van der Waals surface area contributed by atoms with Gasteiger partial charge in [-0.05, 0) is 36.1 Å². The number of hydrogen-bond acceptors (Lipinski definition) is 3. The molecule has 1 aromatic carbocycles. The van der Waals surface area contributed by atoms with Crippen LogP contribution in [0.15, 0.2) is 46.3 Å². The molecule has 0 aliphatic heterocycles. The highest BCUT2D eigenvalue weighted by Gasteiger charge is 2.08. The third kappa shape index (κ3) is 5.32. The summed E-state index contributed by atoms with van der Waals surface area (Å²) < 4.78 is 0.829. The minimum Gasteiger partial charge on any atom is -0.354 e. The van der Waals surface area contributed by atoms with Crippen LogP contribution < -0.4 is 10.6 Å². The summed E-state index contributed by atoms with van der Waals surface area (Å²) in [6, 6.07) is 11.1. The van der Waals surface area contributed by atoms with E-state index in [9.17, 15) is 9.59 Å². The van der Waals surface area contributed by atoms with E-state index in [1.807, 2.05) is 23.6 Å². The van der Waals surface area contributed by atoms with Gasteiger partial charge in [0.2, 0.25) is 5.91 Å². The van der Waals surface area contributed by atoms with Crippen LogP contribution in [0, 0.1) is 0 Å². The Bertz CT molecular complexity index is 614. The van der Waals surface area contributed by atoms with Crippen molar-refractivity contribution < 1.29 is 9.59 Å². The van der Waals surface area contributed by atoms with E-state index in [1.54, 1.807) is 29.5 Å². The third-order valence-corrected chi connectivity index (χ3v) is 4.20. The Labute approximate surface area is 135 Å². The van der Waals surface area contributed by atoms with E-state index >= 15 is 0 Å². The van der Waals surface area contributed by atoms with Gasteiger partial charge in [-0.15, -0.1) is 11.3 Å². The predicted molar refractivity (Wildman–Crippen MR) is 87.5 cm³/mol. The Morgan fingerprint density at radius 2 is 2.00 bits per heavy atom. The van der Waals surface area contributed by atoms with Gasteiger partial charge in [0.15, 0.2) is 0 Å². The standard InChI is InChI=1S/C15H15BrN2O2S/c16-12-4-1-3-11(9-12)15(20)18-10-14(19)17-7-6-13-5-2-8-21-13/h1-5,8-9H,6-7,10H2,(H,17,19)(H,18,20). The van der Waals surface area contributed by atoms with Crippen molar-refractivity contribution >= 4 is 39.1 Å². The summed E-state index contributed by atoms with van der Waals surface area (Å²) in [7, 11) is 0. The zero-order valence-electron chi connectivity index (χ0n) is 11.3. The van der Waals surface area contributed by atoms with Crippen LogP contribution >= 0.6 is 27.3 Å². The van der Waals surface area contributed by atoms with Crippen molar-refractivity contribution in [2.24, 2.45) is 0 Å². The number of amides is 2. The molecule has 0 atom stereocenters. The molecular formula is C15H15BrN2O2S. The first kappa shape index (κ1) is 15.7. The lowest BCUT2D eigenvalue weighted by Crippen LogP contribution is -2.37. The zero-order valence-corrected chi connectivity index (χ0v) is 13.7. The summed E-state index contributed by atoms with van der Waals surface area (Å²) in [4.78, 5) is 24.7. The first-order chi connectivity index (χ1) is 10.1. The molecule has 2 aromatic rings. The Morgan fingerprint density at radius 3 is 2.71 bits per heavy atom. The summed E-state index contributed by atoms with van der Waals surface area (Å²) in [5.74, 6) is -0.445. The highest BCUT2D eigenvalue weighted by atomic mass is 79.9. The minimum atomic E-state index is -0.260. The van der Waals surface area contributed by atoms with Gasteiger partial charge in [0.05, 0.1) is 6.54 Å². The van der Waals surface area contributed by atoms with E-state index < -0.39 is 0 Å². The maximum absolute atomic E-state index is 11.9. The van der Waals surface area contributed by atoms with E-state index in [2.05, 4.69) is 26.6 Å². The number of thiophene rings is 1. The molecule has 21 heavy (non-hydrogen) atoms. The number of hydrogen-bond donors (Lipinski definition) is 2. The van der Waals surface area contributed by atoms with Crippen molar-refractivity contribution in [1.29, 1.82) is 0 Å². The second-order valence-electron chi connectivity index (χ2n) is 4.37. The lowest BCUT2D eigenvalue weighted by Gasteiger charge is -2.06. The Morgan fingerprint density at radius 1 is 1.14 bits per heavy atom. The fourth-order valence-corrected chi connectivity index (χ4v) is 2.84. The topological polar surface area (TPSA) is 58.2 Å². The number of halogens is 1. The van der Waals surface area contributed by atoms with Crippen molar-refractivity contribution in [3.8, 4) is 0 Å². The van der Waals surface area contributed by atoms with Gasteiger partial charge in [0.1, 0.15) is 0 Å². The summed E-state index contributed by atoms with van der Waals surface area (Å²) in [6.45, 7) is 0.557. The number of rotatable bonds is 6. The van der Waals surface area contributed by atoms with Crippen LogP contribution in [0.1, 0.15) is 15.2 Å². The molecule has 0 unspecified atom stereocenters. The van der Waals surface area contributed by atoms with Crippen LogP contribution in [0.5, 0.6) is 0 Å². The average molecular weight is 367 g/mol. The fourth-order valence-electron chi connectivity index (χ4n) is 1.73. The number of carbonyl (C=O) groups is 2. The number of nitrogens with one attached hydrogen (secondary N) is 2. The molecule has 1 heterocycles.